The smallest absolute Gasteiger partial charge is 0.271 e. The Balaban J connectivity index is 1.93. The van der Waals surface area contributed by atoms with Gasteiger partial charge in [0.25, 0.3) is 11.6 Å². The van der Waals surface area contributed by atoms with Crippen LogP contribution in [0.5, 0.6) is 5.75 Å². The highest BCUT2D eigenvalue weighted by atomic mass is 35.5. The molecule has 0 spiro atoms. The number of benzene rings is 1. The number of carbonyl (C=O) groups is 1. The Morgan fingerprint density at radius 3 is 2.90 bits per heavy atom. The molecule has 1 N–H and O–H groups in total. The van der Waals surface area contributed by atoms with Gasteiger partial charge in [0, 0.05) is 18.2 Å². The molecule has 2 rings (SSSR count). The number of anilines is 1. The first-order valence-corrected chi connectivity index (χ1v) is 5.71. The third-order valence-electron chi connectivity index (χ3n) is 2.19. The van der Waals surface area contributed by atoms with Gasteiger partial charge < -0.3 is 14.6 Å². The van der Waals surface area contributed by atoms with Crippen molar-refractivity contribution >= 4 is 29.0 Å². The Morgan fingerprint density at radius 2 is 2.30 bits per heavy atom. The lowest BCUT2D eigenvalue weighted by molar-refractivity contribution is -0.384. The van der Waals surface area contributed by atoms with Gasteiger partial charge in [-0.1, -0.05) is 16.8 Å². The maximum Gasteiger partial charge on any atom is 0.271 e. The molecule has 1 amide bonds. The van der Waals surface area contributed by atoms with Gasteiger partial charge in [-0.2, -0.15) is 0 Å². The molecule has 0 fully saturated rings. The van der Waals surface area contributed by atoms with E-state index < -0.39 is 10.8 Å². The molecule has 0 saturated carbocycles. The Kier molecular flexibility index (Phi) is 4.16. The van der Waals surface area contributed by atoms with Gasteiger partial charge in [-0.25, -0.2) is 0 Å². The molecule has 1 heterocycles. The summed E-state index contributed by atoms with van der Waals surface area (Å²) in [5, 5.41) is 16.5. The van der Waals surface area contributed by atoms with Crippen molar-refractivity contribution in [3.05, 3.63) is 45.7 Å². The van der Waals surface area contributed by atoms with Gasteiger partial charge in [-0.15, -0.1) is 0 Å². The van der Waals surface area contributed by atoms with Crippen molar-refractivity contribution in [3.63, 3.8) is 0 Å². The van der Waals surface area contributed by atoms with Crippen LogP contribution in [0.2, 0.25) is 5.02 Å². The molecule has 0 bridgehead atoms. The van der Waals surface area contributed by atoms with E-state index in [4.69, 9.17) is 16.3 Å². The van der Waals surface area contributed by atoms with E-state index in [0.717, 1.165) is 6.07 Å². The topological polar surface area (TPSA) is 108 Å². The minimum absolute atomic E-state index is 0.0495. The quantitative estimate of drug-likeness (QED) is 0.670. The lowest BCUT2D eigenvalue weighted by Crippen LogP contribution is -2.20. The van der Waals surface area contributed by atoms with Crippen LogP contribution in [0.4, 0.5) is 11.5 Å². The van der Waals surface area contributed by atoms with Gasteiger partial charge in [0.15, 0.2) is 12.4 Å². The molecule has 0 atom stereocenters. The maximum absolute atomic E-state index is 11.5. The number of hydrogen-bond donors (Lipinski definition) is 1. The number of hydrogen-bond acceptors (Lipinski definition) is 6. The second-order valence-corrected chi connectivity index (χ2v) is 4.00. The van der Waals surface area contributed by atoms with Crippen molar-refractivity contribution in [2.24, 2.45) is 0 Å². The van der Waals surface area contributed by atoms with E-state index in [1.165, 1.54) is 24.5 Å². The predicted molar refractivity (Wildman–Crippen MR) is 68.7 cm³/mol. The zero-order valence-electron chi connectivity index (χ0n) is 9.91. The maximum atomic E-state index is 11.5. The summed E-state index contributed by atoms with van der Waals surface area (Å²) in [6.07, 6.45) is 1.31. The summed E-state index contributed by atoms with van der Waals surface area (Å²) >= 11 is 5.81. The zero-order valence-corrected chi connectivity index (χ0v) is 10.7. The number of halogens is 1. The molecule has 0 aliphatic heterocycles. The monoisotopic (exact) mass is 297 g/mol. The molecule has 104 valence electrons. The largest absolute Gasteiger partial charge is 0.482 e. The summed E-state index contributed by atoms with van der Waals surface area (Å²) in [6, 6.07) is 5.17. The molecule has 0 aliphatic rings. The Bertz CT molecular complexity index is 629. The SMILES string of the molecule is O=C(COc1ccc([N+](=O)[O-])cc1Cl)Nc1ccon1. The Hall–Kier alpha value is -2.61. The van der Waals surface area contributed by atoms with Crippen molar-refractivity contribution < 1.29 is 19.0 Å². The molecule has 0 aliphatic carbocycles. The van der Waals surface area contributed by atoms with E-state index in [1.807, 2.05) is 0 Å². The first-order valence-electron chi connectivity index (χ1n) is 5.33. The van der Waals surface area contributed by atoms with E-state index in [-0.39, 0.29) is 28.9 Å². The average Bonchev–Trinajstić information content (AvgIpc) is 2.90. The minimum atomic E-state index is -0.576. The third kappa shape index (κ3) is 3.45. The number of ether oxygens (including phenoxy) is 1. The number of amides is 1. The van der Waals surface area contributed by atoms with Crippen molar-refractivity contribution in [2.75, 3.05) is 11.9 Å². The van der Waals surface area contributed by atoms with Crippen molar-refractivity contribution in [1.29, 1.82) is 0 Å². The van der Waals surface area contributed by atoms with Gasteiger partial charge >= 0.3 is 0 Å². The fraction of sp³-hybridized carbons (Fsp3) is 0.0909. The number of non-ortho nitro benzene ring substituents is 1. The van der Waals surface area contributed by atoms with Crippen LogP contribution in [-0.2, 0) is 4.79 Å². The summed E-state index contributed by atoms with van der Waals surface area (Å²) in [5.74, 6) is -0.0331. The standard InChI is InChI=1S/C11H8ClN3O5/c12-8-5-7(15(17)18)1-2-9(8)19-6-11(16)13-10-3-4-20-14-10/h1-5H,6H2,(H,13,14,16). The van der Waals surface area contributed by atoms with E-state index in [2.05, 4.69) is 15.0 Å². The van der Waals surface area contributed by atoms with Crippen LogP contribution in [-0.4, -0.2) is 22.6 Å². The summed E-state index contributed by atoms with van der Waals surface area (Å²) in [7, 11) is 0. The second-order valence-electron chi connectivity index (χ2n) is 3.59. The van der Waals surface area contributed by atoms with Crippen molar-refractivity contribution in [3.8, 4) is 5.75 Å². The molecule has 20 heavy (non-hydrogen) atoms. The lowest BCUT2D eigenvalue weighted by Gasteiger charge is -2.07. The van der Waals surface area contributed by atoms with Crippen LogP contribution in [0.25, 0.3) is 0 Å². The molecule has 1 aromatic carbocycles. The highest BCUT2D eigenvalue weighted by molar-refractivity contribution is 6.32. The molecule has 8 nitrogen and oxygen atoms in total. The highest BCUT2D eigenvalue weighted by Gasteiger charge is 2.12. The van der Waals surface area contributed by atoms with E-state index >= 15 is 0 Å². The van der Waals surface area contributed by atoms with Gasteiger partial charge in [-0.05, 0) is 6.07 Å². The first-order chi connectivity index (χ1) is 9.56. The summed E-state index contributed by atoms with van der Waals surface area (Å²) in [6.45, 7) is -0.315. The average molecular weight is 298 g/mol. The summed E-state index contributed by atoms with van der Waals surface area (Å²) in [4.78, 5) is 21.5. The molecular weight excluding hydrogens is 290 g/mol. The Labute approximate surface area is 117 Å². The van der Waals surface area contributed by atoms with Crippen LogP contribution >= 0.6 is 11.6 Å². The number of nitro groups is 1. The molecule has 0 unspecified atom stereocenters. The fourth-order valence-electron chi connectivity index (χ4n) is 1.32. The first kappa shape index (κ1) is 13.8. The fourth-order valence-corrected chi connectivity index (χ4v) is 1.55. The molecular formula is C11H8ClN3O5. The lowest BCUT2D eigenvalue weighted by atomic mass is 10.3. The number of aromatic nitrogens is 1. The van der Waals surface area contributed by atoms with Crippen molar-refractivity contribution in [1.82, 2.24) is 5.16 Å². The zero-order chi connectivity index (χ0) is 14.5. The number of carbonyl (C=O) groups excluding carboxylic acids is 1. The third-order valence-corrected chi connectivity index (χ3v) is 2.49. The van der Waals surface area contributed by atoms with Gasteiger partial charge in [0.2, 0.25) is 0 Å². The normalized spacial score (nSPS) is 10.1. The molecule has 2 aromatic rings. The van der Waals surface area contributed by atoms with Crippen LogP contribution < -0.4 is 10.1 Å². The van der Waals surface area contributed by atoms with Gasteiger partial charge in [0.1, 0.15) is 12.0 Å². The van der Waals surface area contributed by atoms with Crippen LogP contribution in [0.15, 0.2) is 35.1 Å². The highest BCUT2D eigenvalue weighted by Crippen LogP contribution is 2.28. The van der Waals surface area contributed by atoms with E-state index in [0.29, 0.717) is 0 Å². The molecule has 1 aromatic heterocycles. The van der Waals surface area contributed by atoms with E-state index in [9.17, 15) is 14.9 Å². The second kappa shape index (κ2) is 6.02. The van der Waals surface area contributed by atoms with E-state index in [1.54, 1.807) is 0 Å². The summed E-state index contributed by atoms with van der Waals surface area (Å²) < 4.78 is 9.70. The van der Waals surface area contributed by atoms with Crippen LogP contribution in [0, 0.1) is 10.1 Å². The molecule has 0 saturated heterocycles. The summed E-state index contributed by atoms with van der Waals surface area (Å²) in [5.41, 5.74) is -0.158. The Morgan fingerprint density at radius 1 is 1.50 bits per heavy atom. The van der Waals surface area contributed by atoms with Crippen LogP contribution in [0.1, 0.15) is 0 Å². The molecule has 9 heteroatoms. The molecule has 0 radical (unpaired) electrons. The number of nitrogens with zero attached hydrogens (tertiary/aromatic N) is 2. The van der Waals surface area contributed by atoms with Crippen molar-refractivity contribution in [2.45, 2.75) is 0 Å². The number of nitro benzene ring substituents is 1. The van der Waals surface area contributed by atoms with Crippen LogP contribution in [0.3, 0.4) is 0 Å². The van der Waals surface area contributed by atoms with Gasteiger partial charge in [0.05, 0.1) is 9.95 Å². The predicted octanol–water partition coefficient (Wildman–Crippen LogP) is 2.25. The minimum Gasteiger partial charge on any atom is -0.482 e. The number of nitrogens with one attached hydrogen (secondary N) is 1. The number of rotatable bonds is 5. The van der Waals surface area contributed by atoms with Gasteiger partial charge in [-0.3, -0.25) is 14.9 Å².